The topological polar surface area (TPSA) is 39.2 Å². The Morgan fingerprint density at radius 2 is 2.55 bits per heavy atom. The molecule has 0 bridgehead atoms. The molecule has 0 aliphatic heterocycles. The predicted molar refractivity (Wildman–Crippen MR) is 42.6 cm³/mol. The maximum atomic E-state index is 10.8. The number of hydrogen-bond acceptors (Lipinski definition) is 4. The van der Waals surface area contributed by atoms with Crippen LogP contribution in [0.4, 0.5) is 0 Å². The smallest absolute Gasteiger partial charge is 0.311 e. The van der Waals surface area contributed by atoms with Gasteiger partial charge in [0, 0.05) is 4.88 Å². The third kappa shape index (κ3) is 2.01. The second kappa shape index (κ2) is 3.48. The van der Waals surface area contributed by atoms with Gasteiger partial charge in [0.05, 0.1) is 24.7 Å². The van der Waals surface area contributed by atoms with Crippen LogP contribution in [0.25, 0.3) is 0 Å². The lowest BCUT2D eigenvalue weighted by Crippen LogP contribution is -2.05. The molecule has 0 fully saturated rings. The van der Waals surface area contributed by atoms with Crippen molar-refractivity contribution in [2.45, 2.75) is 13.3 Å². The lowest BCUT2D eigenvalue weighted by molar-refractivity contribution is -0.139. The highest BCUT2D eigenvalue weighted by molar-refractivity contribution is 7.09. The first-order valence-electron chi connectivity index (χ1n) is 3.20. The SMILES string of the molecule is COC(=O)Cc1ncsc1C. The van der Waals surface area contributed by atoms with E-state index in [9.17, 15) is 4.79 Å². The zero-order chi connectivity index (χ0) is 8.27. The molecule has 0 aliphatic rings. The highest BCUT2D eigenvalue weighted by Crippen LogP contribution is 2.11. The van der Waals surface area contributed by atoms with Crippen LogP contribution in [-0.4, -0.2) is 18.1 Å². The molecule has 0 atom stereocenters. The van der Waals surface area contributed by atoms with Gasteiger partial charge in [-0.25, -0.2) is 4.98 Å². The van der Waals surface area contributed by atoms with Crippen LogP contribution in [-0.2, 0) is 16.0 Å². The molecule has 1 rings (SSSR count). The van der Waals surface area contributed by atoms with Crippen molar-refractivity contribution in [1.82, 2.24) is 4.98 Å². The second-order valence-electron chi connectivity index (χ2n) is 2.11. The minimum atomic E-state index is -0.237. The molecule has 1 aromatic rings. The normalized spacial score (nSPS) is 9.64. The molecule has 0 saturated heterocycles. The molecule has 60 valence electrons. The van der Waals surface area contributed by atoms with Crippen LogP contribution in [0.15, 0.2) is 5.51 Å². The average molecular weight is 171 g/mol. The molecule has 0 spiro atoms. The Labute approximate surface area is 69.0 Å². The van der Waals surface area contributed by atoms with Crippen molar-refractivity contribution in [2.75, 3.05) is 7.11 Å². The second-order valence-corrected chi connectivity index (χ2v) is 3.17. The summed E-state index contributed by atoms with van der Waals surface area (Å²) in [6.07, 6.45) is 0.284. The number of carbonyl (C=O) groups is 1. The number of esters is 1. The van der Waals surface area contributed by atoms with E-state index in [1.54, 1.807) is 5.51 Å². The third-order valence-corrected chi connectivity index (χ3v) is 2.18. The highest BCUT2D eigenvalue weighted by atomic mass is 32.1. The number of carbonyl (C=O) groups excluding carboxylic acids is 1. The molecular weight excluding hydrogens is 162 g/mol. The maximum absolute atomic E-state index is 10.8. The van der Waals surface area contributed by atoms with Crippen LogP contribution in [0.2, 0.25) is 0 Å². The molecule has 11 heavy (non-hydrogen) atoms. The molecule has 0 amide bonds. The number of aryl methyl sites for hydroxylation is 1. The van der Waals surface area contributed by atoms with E-state index in [0.29, 0.717) is 0 Å². The van der Waals surface area contributed by atoms with Gasteiger partial charge in [0.15, 0.2) is 0 Å². The third-order valence-electron chi connectivity index (χ3n) is 1.38. The van der Waals surface area contributed by atoms with Gasteiger partial charge in [-0.1, -0.05) is 0 Å². The number of nitrogens with zero attached hydrogens (tertiary/aromatic N) is 1. The number of thiazole rings is 1. The summed E-state index contributed by atoms with van der Waals surface area (Å²) in [5, 5.41) is 0. The van der Waals surface area contributed by atoms with E-state index in [4.69, 9.17) is 0 Å². The molecule has 0 aliphatic carbocycles. The average Bonchev–Trinajstić information content (AvgIpc) is 2.37. The molecule has 0 saturated carbocycles. The predicted octanol–water partition coefficient (Wildman–Crippen LogP) is 1.17. The lowest BCUT2D eigenvalue weighted by atomic mass is 10.3. The van der Waals surface area contributed by atoms with Crippen LogP contribution >= 0.6 is 11.3 Å². The van der Waals surface area contributed by atoms with Gasteiger partial charge in [0.1, 0.15) is 0 Å². The molecule has 4 heteroatoms. The summed E-state index contributed by atoms with van der Waals surface area (Å²) in [6, 6.07) is 0. The summed E-state index contributed by atoms with van der Waals surface area (Å²) in [6.45, 7) is 1.94. The molecule has 1 aromatic heterocycles. The molecular formula is C7H9NO2S. The summed E-state index contributed by atoms with van der Waals surface area (Å²) in [7, 11) is 1.38. The monoisotopic (exact) mass is 171 g/mol. The van der Waals surface area contributed by atoms with Crippen molar-refractivity contribution in [3.8, 4) is 0 Å². The van der Waals surface area contributed by atoms with E-state index in [2.05, 4.69) is 9.72 Å². The first-order valence-corrected chi connectivity index (χ1v) is 4.07. The summed E-state index contributed by atoms with van der Waals surface area (Å²) < 4.78 is 4.50. The van der Waals surface area contributed by atoms with E-state index in [0.717, 1.165) is 10.6 Å². The van der Waals surface area contributed by atoms with Crippen molar-refractivity contribution >= 4 is 17.3 Å². The standard InChI is InChI=1S/C7H9NO2S/c1-5-6(8-4-11-5)3-7(9)10-2/h4H,3H2,1-2H3. The Balaban J connectivity index is 2.64. The Kier molecular flexibility index (Phi) is 2.59. The van der Waals surface area contributed by atoms with Crippen LogP contribution in [0.5, 0.6) is 0 Å². The van der Waals surface area contributed by atoms with Crippen LogP contribution < -0.4 is 0 Å². The van der Waals surface area contributed by atoms with E-state index in [-0.39, 0.29) is 12.4 Å². The molecule has 0 aromatic carbocycles. The highest BCUT2D eigenvalue weighted by Gasteiger charge is 2.07. The summed E-state index contributed by atoms with van der Waals surface area (Å²) >= 11 is 1.54. The number of rotatable bonds is 2. The van der Waals surface area contributed by atoms with Gasteiger partial charge in [0.2, 0.25) is 0 Å². The molecule has 1 heterocycles. The molecule has 0 radical (unpaired) electrons. The maximum Gasteiger partial charge on any atom is 0.311 e. The van der Waals surface area contributed by atoms with E-state index in [1.807, 2.05) is 6.92 Å². The van der Waals surface area contributed by atoms with Crippen LogP contribution in [0.1, 0.15) is 10.6 Å². The van der Waals surface area contributed by atoms with Gasteiger partial charge in [-0.05, 0) is 6.92 Å². The van der Waals surface area contributed by atoms with Gasteiger partial charge in [-0.2, -0.15) is 0 Å². The quantitative estimate of drug-likeness (QED) is 0.627. The Morgan fingerprint density at radius 3 is 3.00 bits per heavy atom. The largest absolute Gasteiger partial charge is 0.469 e. The molecule has 0 unspecified atom stereocenters. The van der Waals surface area contributed by atoms with Crippen LogP contribution in [0, 0.1) is 6.92 Å². The summed E-state index contributed by atoms with van der Waals surface area (Å²) in [5.41, 5.74) is 2.55. The van der Waals surface area contributed by atoms with Crippen molar-refractivity contribution < 1.29 is 9.53 Å². The first kappa shape index (κ1) is 8.20. The van der Waals surface area contributed by atoms with Gasteiger partial charge < -0.3 is 4.74 Å². The number of ether oxygens (including phenoxy) is 1. The first-order chi connectivity index (χ1) is 5.24. The number of hydrogen-bond donors (Lipinski definition) is 0. The molecule has 3 nitrogen and oxygen atoms in total. The zero-order valence-electron chi connectivity index (χ0n) is 6.46. The zero-order valence-corrected chi connectivity index (χ0v) is 7.27. The fourth-order valence-electron chi connectivity index (χ4n) is 0.707. The van der Waals surface area contributed by atoms with Crippen molar-refractivity contribution in [3.63, 3.8) is 0 Å². The number of aromatic nitrogens is 1. The lowest BCUT2D eigenvalue weighted by Gasteiger charge is -1.95. The van der Waals surface area contributed by atoms with E-state index in [1.165, 1.54) is 18.4 Å². The van der Waals surface area contributed by atoms with E-state index >= 15 is 0 Å². The van der Waals surface area contributed by atoms with Gasteiger partial charge >= 0.3 is 5.97 Å². The minimum absolute atomic E-state index is 0.237. The van der Waals surface area contributed by atoms with Crippen LogP contribution in [0.3, 0.4) is 0 Å². The molecule has 0 N–H and O–H groups in total. The van der Waals surface area contributed by atoms with Crippen molar-refractivity contribution in [3.05, 3.63) is 16.1 Å². The fourth-order valence-corrected chi connectivity index (χ4v) is 1.31. The number of methoxy groups -OCH3 is 1. The Bertz CT molecular complexity index is 257. The Morgan fingerprint density at radius 1 is 1.82 bits per heavy atom. The fraction of sp³-hybridized carbons (Fsp3) is 0.429. The van der Waals surface area contributed by atoms with Crippen molar-refractivity contribution in [1.29, 1.82) is 0 Å². The van der Waals surface area contributed by atoms with Gasteiger partial charge in [0.25, 0.3) is 0 Å². The summed E-state index contributed by atoms with van der Waals surface area (Å²) in [5.74, 6) is -0.237. The minimum Gasteiger partial charge on any atom is -0.469 e. The van der Waals surface area contributed by atoms with E-state index < -0.39 is 0 Å². The van der Waals surface area contributed by atoms with Gasteiger partial charge in [-0.3, -0.25) is 4.79 Å². The van der Waals surface area contributed by atoms with Crippen molar-refractivity contribution in [2.24, 2.45) is 0 Å². The summed E-state index contributed by atoms with van der Waals surface area (Å²) in [4.78, 5) is 15.9. The van der Waals surface area contributed by atoms with Gasteiger partial charge in [-0.15, -0.1) is 11.3 Å². The Hall–Kier alpha value is -0.900.